The van der Waals surface area contributed by atoms with Crippen molar-refractivity contribution in [1.29, 1.82) is 5.26 Å². The summed E-state index contributed by atoms with van der Waals surface area (Å²) in [6.07, 6.45) is -0.125. The highest BCUT2D eigenvalue weighted by atomic mass is 19.1. The van der Waals surface area contributed by atoms with Gasteiger partial charge >= 0.3 is 5.97 Å². The molecule has 0 aliphatic carbocycles. The van der Waals surface area contributed by atoms with Crippen molar-refractivity contribution in [3.63, 3.8) is 0 Å². The van der Waals surface area contributed by atoms with Crippen LogP contribution in [0.5, 0.6) is 0 Å². The van der Waals surface area contributed by atoms with Gasteiger partial charge in [0.25, 0.3) is 0 Å². The van der Waals surface area contributed by atoms with Gasteiger partial charge in [-0.2, -0.15) is 5.26 Å². The Morgan fingerprint density at radius 2 is 2.00 bits per heavy atom. The van der Waals surface area contributed by atoms with Crippen molar-refractivity contribution in [3.8, 4) is 6.07 Å². The van der Waals surface area contributed by atoms with Crippen LogP contribution < -0.4 is 5.32 Å². The Labute approximate surface area is 96.5 Å². The van der Waals surface area contributed by atoms with Gasteiger partial charge in [-0.25, -0.2) is 8.78 Å². The van der Waals surface area contributed by atoms with Gasteiger partial charge in [0.1, 0.15) is 11.6 Å². The maximum absolute atomic E-state index is 13.3. The van der Waals surface area contributed by atoms with Crippen molar-refractivity contribution in [2.75, 3.05) is 6.54 Å². The second-order valence-corrected chi connectivity index (χ2v) is 3.35. The molecule has 0 radical (unpaired) electrons. The van der Waals surface area contributed by atoms with Gasteiger partial charge in [-0.3, -0.25) is 4.79 Å². The average molecular weight is 240 g/mol. The van der Waals surface area contributed by atoms with E-state index in [0.29, 0.717) is 0 Å². The summed E-state index contributed by atoms with van der Waals surface area (Å²) in [7, 11) is 0. The van der Waals surface area contributed by atoms with Gasteiger partial charge < -0.3 is 10.4 Å². The number of aliphatic carboxylic acids is 1. The van der Waals surface area contributed by atoms with E-state index < -0.39 is 17.6 Å². The van der Waals surface area contributed by atoms with Crippen LogP contribution in [0, 0.1) is 23.0 Å². The van der Waals surface area contributed by atoms with Gasteiger partial charge in [0.15, 0.2) is 0 Å². The predicted octanol–water partition coefficient (Wildman–Crippen LogP) is 1.40. The zero-order valence-electron chi connectivity index (χ0n) is 8.83. The average Bonchev–Trinajstić information content (AvgIpc) is 2.26. The summed E-state index contributed by atoms with van der Waals surface area (Å²) in [6, 6.07) is 3.52. The lowest BCUT2D eigenvalue weighted by atomic mass is 10.1. The van der Waals surface area contributed by atoms with E-state index >= 15 is 0 Å². The van der Waals surface area contributed by atoms with Crippen molar-refractivity contribution in [2.24, 2.45) is 0 Å². The summed E-state index contributed by atoms with van der Waals surface area (Å²) < 4.78 is 26.7. The minimum Gasteiger partial charge on any atom is -0.481 e. The van der Waals surface area contributed by atoms with Gasteiger partial charge in [-0.05, 0) is 12.1 Å². The summed E-state index contributed by atoms with van der Waals surface area (Å²) in [5, 5.41) is 19.5. The maximum atomic E-state index is 13.3. The first-order valence-electron chi connectivity index (χ1n) is 4.85. The van der Waals surface area contributed by atoms with Crippen LogP contribution in [-0.2, 0) is 11.3 Å². The van der Waals surface area contributed by atoms with E-state index in [0.717, 1.165) is 12.1 Å². The lowest BCUT2D eigenvalue weighted by molar-refractivity contribution is -0.136. The first kappa shape index (κ1) is 13.1. The summed E-state index contributed by atoms with van der Waals surface area (Å²) in [6.45, 7) is 0.00483. The van der Waals surface area contributed by atoms with E-state index in [9.17, 15) is 13.6 Å². The fraction of sp³-hybridized carbons (Fsp3) is 0.273. The summed E-state index contributed by atoms with van der Waals surface area (Å²) in [4.78, 5) is 10.2. The van der Waals surface area contributed by atoms with Gasteiger partial charge in [-0.15, -0.1) is 0 Å². The molecule has 17 heavy (non-hydrogen) atoms. The van der Waals surface area contributed by atoms with Crippen LogP contribution in [0.3, 0.4) is 0 Å². The van der Waals surface area contributed by atoms with Crippen LogP contribution in [0.1, 0.15) is 17.5 Å². The molecule has 0 bridgehead atoms. The fourth-order valence-electron chi connectivity index (χ4n) is 1.25. The number of rotatable bonds is 5. The zero-order valence-corrected chi connectivity index (χ0v) is 8.83. The topological polar surface area (TPSA) is 73.1 Å². The molecule has 90 valence electrons. The minimum absolute atomic E-state index is 0.0886. The smallest absolute Gasteiger partial charge is 0.304 e. The molecule has 0 unspecified atom stereocenters. The summed E-state index contributed by atoms with van der Waals surface area (Å²) in [5.74, 6) is -2.62. The Morgan fingerprint density at radius 3 is 2.47 bits per heavy atom. The normalized spacial score (nSPS) is 9.94. The molecule has 0 amide bonds. The Kier molecular flexibility index (Phi) is 4.55. The molecule has 0 aromatic heterocycles. The molecule has 0 saturated heterocycles. The second-order valence-electron chi connectivity index (χ2n) is 3.35. The van der Waals surface area contributed by atoms with Crippen molar-refractivity contribution >= 4 is 5.97 Å². The third kappa shape index (κ3) is 3.81. The quantitative estimate of drug-likeness (QED) is 0.763. The molecule has 1 rings (SSSR count). The van der Waals surface area contributed by atoms with E-state index in [1.54, 1.807) is 6.07 Å². The van der Waals surface area contributed by atoms with Crippen molar-refractivity contribution < 1.29 is 18.7 Å². The number of nitrogens with one attached hydrogen (secondary N) is 1. The highest BCUT2D eigenvalue weighted by molar-refractivity contribution is 5.66. The van der Waals surface area contributed by atoms with Gasteiger partial charge in [-0.1, -0.05) is 0 Å². The highest BCUT2D eigenvalue weighted by Gasteiger charge is 2.10. The molecular weight excluding hydrogens is 230 g/mol. The van der Waals surface area contributed by atoms with Gasteiger partial charge in [0.05, 0.1) is 18.1 Å². The molecule has 2 N–H and O–H groups in total. The van der Waals surface area contributed by atoms with Gasteiger partial charge in [0.2, 0.25) is 0 Å². The van der Waals surface area contributed by atoms with E-state index in [2.05, 4.69) is 5.32 Å². The third-order valence-electron chi connectivity index (χ3n) is 2.09. The Balaban J connectivity index is 2.66. The standard InChI is InChI=1S/C11H10F2N2O2/c12-9-3-7(5-14)4-10(13)8(9)6-15-2-1-11(16)17/h3-4,15H,1-2,6H2,(H,16,17). The third-order valence-corrected chi connectivity index (χ3v) is 2.09. The summed E-state index contributed by atoms with van der Waals surface area (Å²) in [5.41, 5.74) is -0.288. The summed E-state index contributed by atoms with van der Waals surface area (Å²) >= 11 is 0. The number of nitrogens with zero attached hydrogens (tertiary/aromatic N) is 1. The maximum Gasteiger partial charge on any atom is 0.304 e. The molecule has 4 nitrogen and oxygen atoms in total. The predicted molar refractivity (Wildman–Crippen MR) is 55.0 cm³/mol. The van der Waals surface area contributed by atoms with Crippen molar-refractivity contribution in [3.05, 3.63) is 34.9 Å². The number of benzene rings is 1. The second kappa shape index (κ2) is 5.92. The molecular formula is C11H10F2N2O2. The van der Waals surface area contributed by atoms with E-state index in [1.165, 1.54) is 0 Å². The lowest BCUT2D eigenvalue weighted by Crippen LogP contribution is -2.19. The van der Waals surface area contributed by atoms with Crippen LogP contribution >= 0.6 is 0 Å². The largest absolute Gasteiger partial charge is 0.481 e. The van der Waals surface area contributed by atoms with Crippen molar-refractivity contribution in [1.82, 2.24) is 5.32 Å². The number of carboxylic acids is 1. The number of nitriles is 1. The number of hydrogen-bond acceptors (Lipinski definition) is 3. The molecule has 6 heteroatoms. The number of hydrogen-bond donors (Lipinski definition) is 2. The molecule has 0 atom stereocenters. The van der Waals surface area contributed by atoms with E-state index in [-0.39, 0.29) is 30.6 Å². The molecule has 0 spiro atoms. The van der Waals surface area contributed by atoms with E-state index in [4.69, 9.17) is 10.4 Å². The molecule has 0 aliphatic rings. The van der Waals surface area contributed by atoms with Crippen LogP contribution in [0.2, 0.25) is 0 Å². The minimum atomic E-state index is -0.988. The zero-order chi connectivity index (χ0) is 12.8. The van der Waals surface area contributed by atoms with Crippen LogP contribution in [0.15, 0.2) is 12.1 Å². The molecule has 0 heterocycles. The fourth-order valence-corrected chi connectivity index (χ4v) is 1.25. The number of carboxylic acid groups (broad SMARTS) is 1. The Morgan fingerprint density at radius 1 is 1.41 bits per heavy atom. The highest BCUT2D eigenvalue weighted by Crippen LogP contribution is 2.14. The van der Waals surface area contributed by atoms with Crippen LogP contribution in [0.4, 0.5) is 8.78 Å². The monoisotopic (exact) mass is 240 g/mol. The van der Waals surface area contributed by atoms with Gasteiger partial charge in [0, 0.05) is 18.7 Å². The molecule has 0 saturated carbocycles. The van der Waals surface area contributed by atoms with E-state index in [1.807, 2.05) is 0 Å². The Hall–Kier alpha value is -2.00. The lowest BCUT2D eigenvalue weighted by Gasteiger charge is -2.06. The van der Waals surface area contributed by atoms with Crippen LogP contribution in [0.25, 0.3) is 0 Å². The number of halogens is 2. The van der Waals surface area contributed by atoms with Crippen LogP contribution in [-0.4, -0.2) is 17.6 Å². The molecule has 0 fully saturated rings. The molecule has 1 aromatic carbocycles. The molecule has 0 aliphatic heterocycles. The molecule has 1 aromatic rings. The Bertz CT molecular complexity index is 446. The number of carbonyl (C=O) groups is 1. The first-order chi connectivity index (χ1) is 8.04. The SMILES string of the molecule is N#Cc1cc(F)c(CNCCC(=O)O)c(F)c1. The first-order valence-corrected chi connectivity index (χ1v) is 4.85. The van der Waals surface area contributed by atoms with Crippen molar-refractivity contribution in [2.45, 2.75) is 13.0 Å².